The third-order valence-electron chi connectivity index (χ3n) is 5.96. The van der Waals surface area contributed by atoms with Gasteiger partial charge in [-0.15, -0.1) is 11.3 Å². The van der Waals surface area contributed by atoms with Crippen molar-refractivity contribution >= 4 is 17.2 Å². The molecule has 0 saturated carbocycles. The standard InChI is InChI=1S/C19H24N4O2S/c24-18(22-14-2-1-13-11-21-23-15(13)10-14)16-9-12-3-8-25-19(17(12)26-16)4-6-20-7-5-19/h9,11,14,20H,1-8,10H2,(H,21,23)(H,22,24). The Bertz CT molecular complexity index is 821. The van der Waals surface area contributed by atoms with Gasteiger partial charge in [0, 0.05) is 23.0 Å². The molecule has 1 saturated heterocycles. The molecular weight excluding hydrogens is 348 g/mol. The second kappa shape index (κ2) is 6.48. The Morgan fingerprint density at radius 2 is 2.19 bits per heavy atom. The molecule has 3 aliphatic rings. The molecule has 1 amide bonds. The molecule has 7 heteroatoms. The first-order chi connectivity index (χ1) is 12.7. The molecule has 138 valence electrons. The number of hydrogen-bond donors (Lipinski definition) is 3. The molecule has 1 spiro atoms. The van der Waals surface area contributed by atoms with Crippen LogP contribution in [0.1, 0.15) is 50.6 Å². The van der Waals surface area contributed by atoms with Crippen molar-refractivity contribution in [2.24, 2.45) is 0 Å². The van der Waals surface area contributed by atoms with Gasteiger partial charge < -0.3 is 15.4 Å². The lowest BCUT2D eigenvalue weighted by Gasteiger charge is -2.40. The van der Waals surface area contributed by atoms with Crippen LogP contribution in [0.3, 0.4) is 0 Å². The van der Waals surface area contributed by atoms with E-state index in [1.165, 1.54) is 16.0 Å². The van der Waals surface area contributed by atoms with Crippen LogP contribution in [0.4, 0.5) is 0 Å². The van der Waals surface area contributed by atoms with Crippen molar-refractivity contribution in [2.45, 2.75) is 50.2 Å². The molecule has 3 N–H and O–H groups in total. The zero-order chi connectivity index (χ0) is 17.6. The number of rotatable bonds is 2. The number of aryl methyl sites for hydroxylation is 1. The Morgan fingerprint density at radius 3 is 3.08 bits per heavy atom. The first-order valence-electron chi connectivity index (χ1n) is 9.53. The second-order valence-electron chi connectivity index (χ2n) is 7.59. The number of nitrogens with zero attached hydrogens (tertiary/aromatic N) is 1. The predicted molar refractivity (Wildman–Crippen MR) is 99.6 cm³/mol. The number of ether oxygens (including phenoxy) is 1. The first-order valence-corrected chi connectivity index (χ1v) is 10.3. The zero-order valence-corrected chi connectivity index (χ0v) is 15.6. The van der Waals surface area contributed by atoms with Gasteiger partial charge in [0.05, 0.1) is 17.7 Å². The van der Waals surface area contributed by atoms with Crippen LogP contribution < -0.4 is 10.6 Å². The fourth-order valence-corrected chi connectivity index (χ4v) is 5.84. The summed E-state index contributed by atoms with van der Waals surface area (Å²) in [5, 5.41) is 13.8. The van der Waals surface area contributed by atoms with Crippen LogP contribution in [-0.2, 0) is 29.6 Å². The molecule has 1 atom stereocenters. The summed E-state index contributed by atoms with van der Waals surface area (Å²) in [6.45, 7) is 2.72. The average molecular weight is 372 g/mol. The molecule has 1 unspecified atom stereocenters. The molecule has 2 aliphatic heterocycles. The van der Waals surface area contributed by atoms with E-state index in [0.717, 1.165) is 68.8 Å². The Hall–Kier alpha value is -1.70. The van der Waals surface area contributed by atoms with Gasteiger partial charge in [-0.3, -0.25) is 9.89 Å². The molecule has 2 aromatic heterocycles. The minimum absolute atomic E-state index is 0.0569. The van der Waals surface area contributed by atoms with E-state index in [1.807, 2.05) is 6.20 Å². The largest absolute Gasteiger partial charge is 0.369 e. The summed E-state index contributed by atoms with van der Waals surface area (Å²) in [4.78, 5) is 15.0. The lowest BCUT2D eigenvalue weighted by molar-refractivity contribution is -0.0771. The highest BCUT2D eigenvalue weighted by molar-refractivity contribution is 7.14. The zero-order valence-electron chi connectivity index (χ0n) is 14.8. The predicted octanol–water partition coefficient (Wildman–Crippen LogP) is 1.91. The quantitative estimate of drug-likeness (QED) is 0.752. The van der Waals surface area contributed by atoms with Crippen LogP contribution >= 0.6 is 11.3 Å². The van der Waals surface area contributed by atoms with E-state index >= 15 is 0 Å². The number of carbonyl (C=O) groups is 1. The fourth-order valence-electron chi connectivity index (χ4n) is 4.52. The molecule has 6 nitrogen and oxygen atoms in total. The summed E-state index contributed by atoms with van der Waals surface area (Å²) in [5.41, 5.74) is 3.59. The van der Waals surface area contributed by atoms with Gasteiger partial charge in [0.15, 0.2) is 0 Å². The van der Waals surface area contributed by atoms with Crippen LogP contribution in [0, 0.1) is 0 Å². The van der Waals surface area contributed by atoms with E-state index in [1.54, 1.807) is 11.3 Å². The van der Waals surface area contributed by atoms with E-state index in [0.29, 0.717) is 0 Å². The molecular formula is C19H24N4O2S. The molecule has 4 heterocycles. The Kier molecular flexibility index (Phi) is 4.10. The van der Waals surface area contributed by atoms with Crippen molar-refractivity contribution in [2.75, 3.05) is 19.7 Å². The van der Waals surface area contributed by atoms with E-state index in [4.69, 9.17) is 4.74 Å². The highest BCUT2D eigenvalue weighted by atomic mass is 32.1. The normalized spacial score (nSPS) is 24.1. The number of amides is 1. The van der Waals surface area contributed by atoms with E-state index in [-0.39, 0.29) is 17.6 Å². The molecule has 0 bridgehead atoms. The molecule has 2 aromatic rings. The van der Waals surface area contributed by atoms with Crippen LogP contribution in [-0.4, -0.2) is 41.8 Å². The lowest BCUT2D eigenvalue weighted by Crippen LogP contribution is -2.44. The lowest BCUT2D eigenvalue weighted by atomic mass is 9.86. The van der Waals surface area contributed by atoms with Crippen molar-refractivity contribution in [3.8, 4) is 0 Å². The van der Waals surface area contributed by atoms with Crippen molar-refractivity contribution in [1.82, 2.24) is 20.8 Å². The number of aromatic nitrogens is 2. The molecule has 1 aliphatic carbocycles. The smallest absolute Gasteiger partial charge is 0.261 e. The fraction of sp³-hybridized carbons (Fsp3) is 0.579. The summed E-state index contributed by atoms with van der Waals surface area (Å²) < 4.78 is 6.23. The van der Waals surface area contributed by atoms with Crippen molar-refractivity contribution in [3.63, 3.8) is 0 Å². The van der Waals surface area contributed by atoms with Crippen molar-refractivity contribution in [1.29, 1.82) is 0 Å². The van der Waals surface area contributed by atoms with Gasteiger partial charge in [0.25, 0.3) is 5.91 Å². The number of hydrogen-bond acceptors (Lipinski definition) is 5. The SMILES string of the molecule is O=C(NC1CCc2cn[nH]c2C1)c1cc2c(s1)C1(CCNCC1)OCC2. The topological polar surface area (TPSA) is 79.0 Å². The van der Waals surface area contributed by atoms with Gasteiger partial charge in [0.1, 0.15) is 5.60 Å². The van der Waals surface area contributed by atoms with Gasteiger partial charge in [0.2, 0.25) is 0 Å². The van der Waals surface area contributed by atoms with E-state index in [9.17, 15) is 4.79 Å². The van der Waals surface area contributed by atoms with Crippen LogP contribution in [0.15, 0.2) is 12.3 Å². The Labute approximate surface area is 156 Å². The highest BCUT2D eigenvalue weighted by Crippen LogP contribution is 2.44. The number of piperidine rings is 1. The van der Waals surface area contributed by atoms with Crippen LogP contribution in [0.25, 0.3) is 0 Å². The monoisotopic (exact) mass is 372 g/mol. The molecule has 0 aromatic carbocycles. The summed E-state index contributed by atoms with van der Waals surface area (Å²) in [7, 11) is 0. The molecule has 5 rings (SSSR count). The molecule has 1 fully saturated rings. The molecule has 26 heavy (non-hydrogen) atoms. The number of carbonyl (C=O) groups excluding carboxylic acids is 1. The molecule has 0 radical (unpaired) electrons. The van der Waals surface area contributed by atoms with Crippen molar-refractivity contribution < 1.29 is 9.53 Å². The van der Waals surface area contributed by atoms with Gasteiger partial charge in [-0.25, -0.2) is 0 Å². The average Bonchev–Trinajstić information content (AvgIpc) is 3.29. The number of nitrogens with one attached hydrogen (secondary N) is 3. The maximum Gasteiger partial charge on any atom is 0.261 e. The Balaban J connectivity index is 1.34. The first kappa shape index (κ1) is 16.5. The summed E-state index contributed by atoms with van der Waals surface area (Å²) >= 11 is 1.64. The maximum atomic E-state index is 12.9. The van der Waals surface area contributed by atoms with E-state index < -0.39 is 0 Å². The van der Waals surface area contributed by atoms with Crippen molar-refractivity contribution in [3.05, 3.63) is 38.8 Å². The minimum Gasteiger partial charge on any atom is -0.369 e. The minimum atomic E-state index is -0.169. The number of thiophene rings is 1. The van der Waals surface area contributed by atoms with Gasteiger partial charge >= 0.3 is 0 Å². The second-order valence-corrected chi connectivity index (χ2v) is 8.65. The van der Waals surface area contributed by atoms with Crippen LogP contribution in [0.2, 0.25) is 0 Å². The number of fused-ring (bicyclic) bond motifs is 3. The Morgan fingerprint density at radius 1 is 1.31 bits per heavy atom. The third kappa shape index (κ3) is 2.78. The third-order valence-corrected chi connectivity index (χ3v) is 7.32. The van der Waals surface area contributed by atoms with E-state index in [2.05, 4.69) is 26.9 Å². The summed E-state index contributed by atoms with van der Waals surface area (Å²) in [5.74, 6) is 0.0569. The number of aromatic amines is 1. The maximum absolute atomic E-state index is 12.9. The highest BCUT2D eigenvalue weighted by Gasteiger charge is 2.41. The number of H-pyrrole nitrogens is 1. The van der Waals surface area contributed by atoms with Gasteiger partial charge in [-0.05, 0) is 62.4 Å². The van der Waals surface area contributed by atoms with Gasteiger partial charge in [-0.2, -0.15) is 5.10 Å². The van der Waals surface area contributed by atoms with Crippen LogP contribution in [0.5, 0.6) is 0 Å². The van der Waals surface area contributed by atoms with Gasteiger partial charge in [-0.1, -0.05) is 0 Å². The summed E-state index contributed by atoms with van der Waals surface area (Å²) in [6.07, 6.45) is 7.59. The summed E-state index contributed by atoms with van der Waals surface area (Å²) in [6, 6.07) is 2.28.